The minimum absolute atomic E-state index is 0.118. The predicted octanol–water partition coefficient (Wildman–Crippen LogP) is 3.41. The fraction of sp³-hybridized carbons (Fsp3) is 0.263. The number of ether oxygens (including phenoxy) is 1. The maximum absolute atomic E-state index is 12.4. The highest BCUT2D eigenvalue weighted by Gasteiger charge is 2.17. The summed E-state index contributed by atoms with van der Waals surface area (Å²) in [6, 6.07) is 12.4. The molecule has 0 heterocycles. The zero-order chi connectivity index (χ0) is 19.3. The first-order valence-electron chi connectivity index (χ1n) is 8.00. The lowest BCUT2D eigenvalue weighted by Crippen LogP contribution is -2.36. The van der Waals surface area contributed by atoms with Crippen LogP contribution in [0.2, 0.25) is 5.02 Å². The van der Waals surface area contributed by atoms with Crippen LogP contribution in [-0.2, 0) is 9.59 Å². The van der Waals surface area contributed by atoms with Gasteiger partial charge in [0.1, 0.15) is 12.3 Å². The Balaban J connectivity index is 2.10. The first-order valence-corrected chi connectivity index (χ1v) is 8.38. The van der Waals surface area contributed by atoms with E-state index in [9.17, 15) is 9.59 Å². The van der Waals surface area contributed by atoms with E-state index >= 15 is 0 Å². The van der Waals surface area contributed by atoms with Gasteiger partial charge in [0.2, 0.25) is 11.8 Å². The molecule has 1 N–H and O–H groups in total. The molecule has 0 radical (unpaired) electrons. The van der Waals surface area contributed by atoms with Crippen LogP contribution in [0.4, 0.5) is 17.1 Å². The van der Waals surface area contributed by atoms with Crippen molar-refractivity contribution in [3.8, 4) is 5.75 Å². The van der Waals surface area contributed by atoms with Crippen LogP contribution < -0.4 is 19.9 Å². The van der Waals surface area contributed by atoms with Gasteiger partial charge < -0.3 is 19.9 Å². The molecule has 0 fully saturated rings. The number of halogens is 1. The van der Waals surface area contributed by atoms with Crippen LogP contribution in [0.5, 0.6) is 5.75 Å². The summed E-state index contributed by atoms with van der Waals surface area (Å²) in [6.07, 6.45) is 0. The lowest BCUT2D eigenvalue weighted by molar-refractivity contribution is -0.120. The summed E-state index contributed by atoms with van der Waals surface area (Å²) < 4.78 is 5.11. The first-order chi connectivity index (χ1) is 12.3. The molecule has 0 unspecified atom stereocenters. The van der Waals surface area contributed by atoms with Crippen molar-refractivity contribution in [2.45, 2.75) is 6.92 Å². The Morgan fingerprint density at radius 3 is 2.19 bits per heavy atom. The van der Waals surface area contributed by atoms with Crippen molar-refractivity contribution < 1.29 is 14.3 Å². The molecule has 7 heteroatoms. The number of hydrogen-bond acceptors (Lipinski definition) is 4. The molecule has 0 saturated heterocycles. The van der Waals surface area contributed by atoms with Gasteiger partial charge in [-0.05, 0) is 42.5 Å². The predicted molar refractivity (Wildman–Crippen MR) is 105 cm³/mol. The number of benzene rings is 2. The fourth-order valence-electron chi connectivity index (χ4n) is 2.39. The Morgan fingerprint density at radius 1 is 1.08 bits per heavy atom. The molecule has 0 aliphatic heterocycles. The third-order valence-corrected chi connectivity index (χ3v) is 4.09. The average molecular weight is 376 g/mol. The van der Waals surface area contributed by atoms with Crippen molar-refractivity contribution >= 4 is 40.5 Å². The van der Waals surface area contributed by atoms with Gasteiger partial charge in [0.25, 0.3) is 0 Å². The monoisotopic (exact) mass is 375 g/mol. The van der Waals surface area contributed by atoms with Crippen LogP contribution in [-0.4, -0.2) is 39.6 Å². The van der Waals surface area contributed by atoms with Crippen LogP contribution >= 0.6 is 11.6 Å². The number of rotatable bonds is 6. The highest BCUT2D eigenvalue weighted by Crippen LogP contribution is 2.29. The molecule has 2 aromatic rings. The molecule has 0 saturated carbocycles. The van der Waals surface area contributed by atoms with Crippen molar-refractivity contribution in [1.82, 2.24) is 0 Å². The molecule has 2 amide bonds. The molecule has 138 valence electrons. The second-order valence-corrected chi connectivity index (χ2v) is 6.32. The molecule has 0 aromatic heterocycles. The number of amides is 2. The van der Waals surface area contributed by atoms with Crippen molar-refractivity contribution in [1.29, 1.82) is 0 Å². The number of anilines is 3. The Morgan fingerprint density at radius 2 is 1.69 bits per heavy atom. The minimum atomic E-state index is -0.301. The van der Waals surface area contributed by atoms with Crippen molar-refractivity contribution in [2.24, 2.45) is 0 Å². The number of carbonyl (C=O) groups excluding carboxylic acids is 2. The van der Waals surface area contributed by atoms with Crippen molar-refractivity contribution in [3.05, 3.63) is 47.5 Å². The standard InChI is InChI=1S/C19H22ClN3O3/c1-13(24)23(16-9-10-18(26-4)17(20)11-16)12-19(25)21-14-5-7-15(8-6-14)22(2)3/h5-11H,12H2,1-4H3,(H,21,25). The van der Waals surface area contributed by atoms with E-state index in [0.29, 0.717) is 22.1 Å². The molecule has 26 heavy (non-hydrogen) atoms. The summed E-state index contributed by atoms with van der Waals surface area (Å²) in [4.78, 5) is 27.7. The number of nitrogens with one attached hydrogen (secondary N) is 1. The van der Waals surface area contributed by atoms with Gasteiger partial charge in [-0.3, -0.25) is 9.59 Å². The Kier molecular flexibility index (Phi) is 6.46. The van der Waals surface area contributed by atoms with E-state index in [1.54, 1.807) is 18.2 Å². The smallest absolute Gasteiger partial charge is 0.244 e. The highest BCUT2D eigenvalue weighted by atomic mass is 35.5. The van der Waals surface area contributed by atoms with E-state index in [4.69, 9.17) is 16.3 Å². The SMILES string of the molecule is COc1ccc(N(CC(=O)Nc2ccc(N(C)C)cc2)C(C)=O)cc1Cl. The van der Waals surface area contributed by atoms with Crippen LogP contribution in [0.25, 0.3) is 0 Å². The van der Waals surface area contributed by atoms with Gasteiger partial charge in [0.05, 0.1) is 12.1 Å². The molecule has 0 spiro atoms. The minimum Gasteiger partial charge on any atom is -0.495 e. The second-order valence-electron chi connectivity index (χ2n) is 5.91. The number of carbonyl (C=O) groups is 2. The van der Waals surface area contributed by atoms with Gasteiger partial charge in [-0.1, -0.05) is 11.6 Å². The number of nitrogens with zero attached hydrogens (tertiary/aromatic N) is 2. The second kappa shape index (κ2) is 8.58. The lowest BCUT2D eigenvalue weighted by atomic mass is 10.2. The highest BCUT2D eigenvalue weighted by molar-refractivity contribution is 6.32. The number of hydrogen-bond donors (Lipinski definition) is 1. The first kappa shape index (κ1) is 19.6. The van der Waals surface area contributed by atoms with Crippen LogP contribution in [0.15, 0.2) is 42.5 Å². The van der Waals surface area contributed by atoms with Gasteiger partial charge in [0.15, 0.2) is 0 Å². The molecule has 6 nitrogen and oxygen atoms in total. The van der Waals surface area contributed by atoms with Crippen molar-refractivity contribution in [3.63, 3.8) is 0 Å². The molecule has 0 aliphatic carbocycles. The van der Waals surface area contributed by atoms with E-state index in [0.717, 1.165) is 5.69 Å². The van der Waals surface area contributed by atoms with E-state index in [2.05, 4.69) is 5.32 Å². The maximum atomic E-state index is 12.4. The quantitative estimate of drug-likeness (QED) is 0.840. The Bertz CT molecular complexity index is 791. The summed E-state index contributed by atoms with van der Waals surface area (Å²) >= 11 is 6.12. The molecule has 0 atom stereocenters. The zero-order valence-corrected chi connectivity index (χ0v) is 16.0. The summed E-state index contributed by atoms with van der Waals surface area (Å²) in [5.74, 6) is -0.0570. The molecular formula is C19H22ClN3O3. The van der Waals surface area contributed by atoms with Crippen molar-refractivity contribution in [2.75, 3.05) is 42.9 Å². The van der Waals surface area contributed by atoms with Crippen LogP contribution in [0, 0.1) is 0 Å². The van der Waals surface area contributed by atoms with Crippen LogP contribution in [0.1, 0.15) is 6.92 Å². The van der Waals surface area contributed by atoms with Gasteiger partial charge in [0, 0.05) is 38.1 Å². The summed E-state index contributed by atoms with van der Waals surface area (Å²) in [5.41, 5.74) is 2.22. The third kappa shape index (κ3) is 4.89. The number of methoxy groups -OCH3 is 1. The average Bonchev–Trinajstić information content (AvgIpc) is 2.59. The van der Waals surface area contributed by atoms with E-state index in [-0.39, 0.29) is 18.4 Å². The van der Waals surface area contributed by atoms with Crippen LogP contribution in [0.3, 0.4) is 0 Å². The van der Waals surface area contributed by atoms with Gasteiger partial charge in [-0.25, -0.2) is 0 Å². The van der Waals surface area contributed by atoms with Gasteiger partial charge in [-0.2, -0.15) is 0 Å². The van der Waals surface area contributed by atoms with E-state index in [1.165, 1.54) is 18.9 Å². The Hall–Kier alpha value is -2.73. The Labute approximate surface area is 158 Å². The van der Waals surface area contributed by atoms with Gasteiger partial charge >= 0.3 is 0 Å². The zero-order valence-electron chi connectivity index (χ0n) is 15.2. The lowest BCUT2D eigenvalue weighted by Gasteiger charge is -2.21. The fourth-order valence-corrected chi connectivity index (χ4v) is 2.65. The topological polar surface area (TPSA) is 61.9 Å². The summed E-state index contributed by atoms with van der Waals surface area (Å²) in [7, 11) is 5.40. The van der Waals surface area contributed by atoms with Gasteiger partial charge in [-0.15, -0.1) is 0 Å². The molecular weight excluding hydrogens is 354 g/mol. The third-order valence-electron chi connectivity index (χ3n) is 3.80. The van der Waals surface area contributed by atoms with E-state index in [1.807, 2.05) is 43.3 Å². The maximum Gasteiger partial charge on any atom is 0.244 e. The molecule has 0 aliphatic rings. The molecule has 2 rings (SSSR count). The van der Waals surface area contributed by atoms with E-state index < -0.39 is 0 Å². The summed E-state index contributed by atoms with van der Waals surface area (Å²) in [5, 5.41) is 3.16. The normalized spacial score (nSPS) is 10.2. The molecule has 0 bridgehead atoms. The molecule has 2 aromatic carbocycles. The summed E-state index contributed by atoms with van der Waals surface area (Å²) in [6.45, 7) is 1.28. The largest absolute Gasteiger partial charge is 0.495 e.